The highest BCUT2D eigenvalue weighted by molar-refractivity contribution is 6.12. The van der Waals surface area contributed by atoms with Crippen LogP contribution in [0, 0.1) is 0 Å². The van der Waals surface area contributed by atoms with Gasteiger partial charge in [-0.15, -0.1) is 0 Å². The average molecular weight is 343 g/mol. The van der Waals surface area contributed by atoms with E-state index >= 15 is 0 Å². The van der Waals surface area contributed by atoms with Gasteiger partial charge in [-0.3, -0.25) is 4.79 Å². The van der Waals surface area contributed by atoms with E-state index in [1.807, 2.05) is 0 Å². The Bertz CT molecular complexity index is 931. The molecule has 0 atom stereocenters. The number of methoxy groups -OCH3 is 3. The van der Waals surface area contributed by atoms with Gasteiger partial charge >= 0.3 is 0 Å². The van der Waals surface area contributed by atoms with Crippen LogP contribution in [0.5, 0.6) is 23.0 Å². The number of hydrogen-bond acceptors (Lipinski definition) is 6. The van der Waals surface area contributed by atoms with Gasteiger partial charge < -0.3 is 29.1 Å². The second-order valence-corrected chi connectivity index (χ2v) is 5.16. The second kappa shape index (κ2) is 6.64. The molecule has 0 aliphatic rings. The first-order valence-corrected chi connectivity index (χ1v) is 7.39. The number of phenolic OH excluding ortho intramolecular Hbond substituents is 1. The lowest BCUT2D eigenvalue weighted by Gasteiger charge is -2.14. The van der Waals surface area contributed by atoms with E-state index in [1.54, 1.807) is 24.3 Å². The summed E-state index contributed by atoms with van der Waals surface area (Å²) < 4.78 is 21.0. The largest absolute Gasteiger partial charge is 0.507 e. The molecule has 7 nitrogen and oxygen atoms in total. The number of carbonyl (C=O) groups is 1. The molecule has 130 valence electrons. The number of nitrogens with one attached hydrogen (secondary N) is 1. The Labute approximate surface area is 143 Å². The number of benzene rings is 2. The topological polar surface area (TPSA) is 90.2 Å². The predicted octanol–water partition coefficient (Wildman–Crippen LogP) is 3.42. The summed E-state index contributed by atoms with van der Waals surface area (Å²) in [4.78, 5) is 12.7. The quantitative estimate of drug-likeness (QED) is 0.738. The van der Waals surface area contributed by atoms with Crippen molar-refractivity contribution < 1.29 is 28.5 Å². The van der Waals surface area contributed by atoms with Crippen LogP contribution in [-0.2, 0) is 0 Å². The summed E-state index contributed by atoms with van der Waals surface area (Å²) in [5, 5.41) is 13.5. The lowest BCUT2D eigenvalue weighted by Crippen LogP contribution is -2.14. The number of ether oxygens (including phenoxy) is 3. The maximum atomic E-state index is 12.7. The molecule has 1 heterocycles. The SMILES string of the molecule is COc1ccc(NC(=O)c2c(O)cc3occc3c2OC)c(OC)c1. The normalized spacial score (nSPS) is 10.5. The molecule has 2 N–H and O–H groups in total. The van der Waals surface area contributed by atoms with Gasteiger partial charge in [-0.05, 0) is 18.2 Å². The van der Waals surface area contributed by atoms with Crippen molar-refractivity contribution in [3.05, 3.63) is 42.2 Å². The number of carbonyl (C=O) groups excluding carboxylic acids is 1. The molecule has 1 amide bonds. The van der Waals surface area contributed by atoms with Gasteiger partial charge in [-0.1, -0.05) is 0 Å². The maximum Gasteiger partial charge on any atom is 0.263 e. The van der Waals surface area contributed by atoms with E-state index in [0.29, 0.717) is 28.2 Å². The van der Waals surface area contributed by atoms with Gasteiger partial charge in [-0.2, -0.15) is 0 Å². The van der Waals surface area contributed by atoms with Crippen molar-refractivity contribution in [1.82, 2.24) is 0 Å². The minimum absolute atomic E-state index is 0.00858. The Hall–Kier alpha value is -3.35. The number of phenols is 1. The zero-order valence-electron chi connectivity index (χ0n) is 14.0. The average Bonchev–Trinajstić information content (AvgIpc) is 3.08. The van der Waals surface area contributed by atoms with E-state index in [0.717, 1.165) is 0 Å². The van der Waals surface area contributed by atoms with Crippen LogP contribution < -0.4 is 19.5 Å². The van der Waals surface area contributed by atoms with Crippen LogP contribution in [0.3, 0.4) is 0 Å². The second-order valence-electron chi connectivity index (χ2n) is 5.16. The van der Waals surface area contributed by atoms with Crippen molar-refractivity contribution in [2.75, 3.05) is 26.6 Å². The number of furan rings is 1. The van der Waals surface area contributed by atoms with Gasteiger partial charge in [0.05, 0.1) is 38.7 Å². The van der Waals surface area contributed by atoms with Crippen LogP contribution in [0.1, 0.15) is 10.4 Å². The fraction of sp³-hybridized carbons (Fsp3) is 0.167. The Morgan fingerprint density at radius 3 is 2.56 bits per heavy atom. The van der Waals surface area contributed by atoms with E-state index in [9.17, 15) is 9.90 Å². The monoisotopic (exact) mass is 343 g/mol. The van der Waals surface area contributed by atoms with E-state index in [1.165, 1.54) is 33.7 Å². The highest BCUT2D eigenvalue weighted by Gasteiger charge is 2.23. The Morgan fingerprint density at radius 1 is 1.08 bits per heavy atom. The molecule has 0 saturated carbocycles. The van der Waals surface area contributed by atoms with Gasteiger partial charge in [0.2, 0.25) is 0 Å². The minimum Gasteiger partial charge on any atom is -0.507 e. The lowest BCUT2D eigenvalue weighted by atomic mass is 10.1. The first-order chi connectivity index (χ1) is 12.1. The summed E-state index contributed by atoms with van der Waals surface area (Å²) in [5.74, 6) is 0.463. The molecule has 2 aromatic carbocycles. The maximum absolute atomic E-state index is 12.7. The Kier molecular flexibility index (Phi) is 4.38. The zero-order valence-corrected chi connectivity index (χ0v) is 14.0. The van der Waals surface area contributed by atoms with Crippen LogP contribution in [0.15, 0.2) is 41.0 Å². The molecule has 3 rings (SSSR count). The molecule has 0 unspecified atom stereocenters. The summed E-state index contributed by atoms with van der Waals surface area (Å²) in [5.41, 5.74) is 0.865. The standard InChI is InChI=1S/C18H17NO6/c1-22-10-4-5-12(15(8-10)23-2)19-18(21)16-13(20)9-14-11(6-7-25-14)17(16)24-3/h4-9,20H,1-3H3,(H,19,21). The molecule has 0 spiro atoms. The highest BCUT2D eigenvalue weighted by atomic mass is 16.5. The van der Waals surface area contributed by atoms with E-state index < -0.39 is 5.91 Å². The Morgan fingerprint density at radius 2 is 1.88 bits per heavy atom. The number of fused-ring (bicyclic) bond motifs is 1. The fourth-order valence-electron chi connectivity index (χ4n) is 2.59. The van der Waals surface area contributed by atoms with Gasteiger partial charge in [0, 0.05) is 12.1 Å². The number of hydrogen-bond donors (Lipinski definition) is 2. The summed E-state index contributed by atoms with van der Waals surface area (Å²) in [6.07, 6.45) is 1.46. The van der Waals surface area contributed by atoms with Crippen molar-refractivity contribution in [1.29, 1.82) is 0 Å². The third-order valence-corrected chi connectivity index (χ3v) is 3.78. The summed E-state index contributed by atoms with van der Waals surface area (Å²) in [7, 11) is 4.45. The molecule has 1 aromatic heterocycles. The molecule has 25 heavy (non-hydrogen) atoms. The van der Waals surface area contributed by atoms with Crippen molar-refractivity contribution >= 4 is 22.6 Å². The molecule has 0 bridgehead atoms. The number of aromatic hydroxyl groups is 1. The predicted molar refractivity (Wildman–Crippen MR) is 91.9 cm³/mol. The highest BCUT2D eigenvalue weighted by Crippen LogP contribution is 2.38. The molecule has 0 aliphatic carbocycles. The zero-order chi connectivity index (χ0) is 18.0. The van der Waals surface area contributed by atoms with Crippen LogP contribution in [-0.4, -0.2) is 32.3 Å². The molecule has 7 heteroatoms. The van der Waals surface area contributed by atoms with Gasteiger partial charge in [0.1, 0.15) is 34.1 Å². The number of rotatable bonds is 5. The molecule has 0 radical (unpaired) electrons. The first kappa shape index (κ1) is 16.5. The van der Waals surface area contributed by atoms with Crippen molar-refractivity contribution in [3.63, 3.8) is 0 Å². The van der Waals surface area contributed by atoms with Gasteiger partial charge in [0.15, 0.2) is 0 Å². The van der Waals surface area contributed by atoms with Crippen LogP contribution in [0.2, 0.25) is 0 Å². The number of amides is 1. The molecular formula is C18H17NO6. The third-order valence-electron chi connectivity index (χ3n) is 3.78. The van der Waals surface area contributed by atoms with Gasteiger partial charge in [-0.25, -0.2) is 0 Å². The lowest BCUT2D eigenvalue weighted by molar-refractivity contribution is 0.102. The number of anilines is 1. The van der Waals surface area contributed by atoms with Gasteiger partial charge in [0.25, 0.3) is 5.91 Å². The summed E-state index contributed by atoms with van der Waals surface area (Å²) in [6.45, 7) is 0. The molecule has 3 aromatic rings. The van der Waals surface area contributed by atoms with Crippen LogP contribution >= 0.6 is 0 Å². The molecule has 0 fully saturated rings. The fourth-order valence-corrected chi connectivity index (χ4v) is 2.59. The van der Waals surface area contributed by atoms with Crippen LogP contribution in [0.4, 0.5) is 5.69 Å². The third kappa shape index (κ3) is 2.91. The van der Waals surface area contributed by atoms with Crippen molar-refractivity contribution in [2.45, 2.75) is 0 Å². The Balaban J connectivity index is 2.02. The first-order valence-electron chi connectivity index (χ1n) is 7.39. The minimum atomic E-state index is -0.541. The van der Waals surface area contributed by atoms with E-state index in [-0.39, 0.29) is 17.1 Å². The molecule has 0 aliphatic heterocycles. The van der Waals surface area contributed by atoms with Crippen LogP contribution in [0.25, 0.3) is 11.0 Å². The summed E-state index contributed by atoms with van der Waals surface area (Å²) in [6, 6.07) is 8.02. The molecule has 0 saturated heterocycles. The van der Waals surface area contributed by atoms with E-state index in [2.05, 4.69) is 5.32 Å². The summed E-state index contributed by atoms with van der Waals surface area (Å²) >= 11 is 0. The van der Waals surface area contributed by atoms with Crippen molar-refractivity contribution in [3.8, 4) is 23.0 Å². The smallest absolute Gasteiger partial charge is 0.263 e. The van der Waals surface area contributed by atoms with E-state index in [4.69, 9.17) is 18.6 Å². The molecular weight excluding hydrogens is 326 g/mol. The van der Waals surface area contributed by atoms with Crippen molar-refractivity contribution in [2.24, 2.45) is 0 Å².